The van der Waals surface area contributed by atoms with E-state index in [0.29, 0.717) is 5.56 Å². The molecule has 1 unspecified atom stereocenters. The molecule has 0 saturated heterocycles. The van der Waals surface area contributed by atoms with Gasteiger partial charge in [0.15, 0.2) is 5.60 Å². The fourth-order valence-electron chi connectivity index (χ4n) is 4.62. The Morgan fingerprint density at radius 2 is 1.42 bits per heavy atom. The first-order valence-electron chi connectivity index (χ1n) is 10.4. The van der Waals surface area contributed by atoms with Crippen LogP contribution in [0.15, 0.2) is 59.8 Å². The molecular weight excluding hydrogens is 386 g/mol. The van der Waals surface area contributed by atoms with E-state index in [4.69, 9.17) is 4.74 Å². The first-order chi connectivity index (χ1) is 14.7. The summed E-state index contributed by atoms with van der Waals surface area (Å²) in [5.41, 5.74) is 8.21. The summed E-state index contributed by atoms with van der Waals surface area (Å²) in [4.78, 5) is 19.2. The minimum Gasteiger partial charge on any atom is -0.441 e. The van der Waals surface area contributed by atoms with Gasteiger partial charge in [-0.05, 0) is 59.2 Å². The number of esters is 1. The number of carbonyl (C=O) groups excluding carboxylic acids is 1. The molecule has 158 valence electrons. The summed E-state index contributed by atoms with van der Waals surface area (Å²) in [6.07, 6.45) is 6.45. The number of likely N-dealkylation sites (N-methyl/N-ethyl adjacent to an activating group) is 1. The van der Waals surface area contributed by atoms with Crippen LogP contribution in [0.5, 0.6) is 0 Å². The van der Waals surface area contributed by atoms with Crippen molar-refractivity contribution in [1.82, 2.24) is 4.90 Å². The highest BCUT2D eigenvalue weighted by atomic mass is 16.6. The van der Waals surface area contributed by atoms with Crippen molar-refractivity contribution in [2.24, 2.45) is 0 Å². The Labute approximate surface area is 183 Å². The second-order valence-corrected chi connectivity index (χ2v) is 9.00. The van der Waals surface area contributed by atoms with Gasteiger partial charge in [0.05, 0.1) is 5.56 Å². The van der Waals surface area contributed by atoms with E-state index in [1.165, 1.54) is 5.56 Å². The van der Waals surface area contributed by atoms with Crippen LogP contribution in [0, 0.1) is 0 Å². The molecular formula is C26H27N3O2. The first-order valence-corrected chi connectivity index (χ1v) is 10.4. The second-order valence-electron chi connectivity index (χ2n) is 9.00. The van der Waals surface area contributed by atoms with Crippen molar-refractivity contribution >= 4 is 29.0 Å². The highest BCUT2D eigenvalue weighted by Gasteiger charge is 2.51. The van der Waals surface area contributed by atoms with Crippen molar-refractivity contribution in [2.75, 3.05) is 52.1 Å². The summed E-state index contributed by atoms with van der Waals surface area (Å²) in [5.74, 6) is -0.278. The van der Waals surface area contributed by atoms with E-state index < -0.39 is 5.60 Å². The molecule has 5 rings (SSSR count). The maximum Gasteiger partial charge on any atom is 0.340 e. The topological polar surface area (TPSA) is 36.0 Å². The maximum absolute atomic E-state index is 13.1. The number of ether oxygens (including phenoxy) is 1. The van der Waals surface area contributed by atoms with Gasteiger partial charge in [0.2, 0.25) is 0 Å². The third-order valence-electron chi connectivity index (χ3n) is 6.39. The predicted octanol–water partition coefficient (Wildman–Crippen LogP) is 4.12. The summed E-state index contributed by atoms with van der Waals surface area (Å²) < 4.78 is 6.22. The Bertz CT molecular complexity index is 1220. The summed E-state index contributed by atoms with van der Waals surface area (Å²) in [7, 11) is 12.1. The number of carbonyl (C=O) groups is 1. The fraction of sp³-hybridized carbons (Fsp3) is 0.269. The molecule has 31 heavy (non-hydrogen) atoms. The van der Waals surface area contributed by atoms with Crippen LogP contribution in [-0.2, 0) is 10.3 Å². The lowest BCUT2D eigenvalue weighted by atomic mass is 9.78. The van der Waals surface area contributed by atoms with Crippen LogP contribution in [0.3, 0.4) is 0 Å². The molecule has 1 aliphatic heterocycles. The zero-order valence-electron chi connectivity index (χ0n) is 18.9. The maximum atomic E-state index is 13.1. The Kier molecular flexibility index (Phi) is 4.09. The van der Waals surface area contributed by atoms with Gasteiger partial charge in [0.25, 0.3) is 0 Å². The number of nitrogens with zero attached hydrogens (tertiary/aromatic N) is 3. The lowest BCUT2D eigenvalue weighted by Crippen LogP contribution is -2.31. The lowest BCUT2D eigenvalue weighted by molar-refractivity contribution is 0.0272. The molecule has 0 radical (unpaired) electrons. The smallest absolute Gasteiger partial charge is 0.340 e. The monoisotopic (exact) mass is 413 g/mol. The van der Waals surface area contributed by atoms with Crippen LogP contribution in [0.4, 0.5) is 11.4 Å². The van der Waals surface area contributed by atoms with E-state index >= 15 is 0 Å². The molecule has 1 spiro atoms. The van der Waals surface area contributed by atoms with Gasteiger partial charge in [-0.25, -0.2) is 4.79 Å². The highest BCUT2D eigenvalue weighted by Crippen LogP contribution is 2.55. The van der Waals surface area contributed by atoms with Crippen LogP contribution in [0.25, 0.3) is 11.6 Å². The minimum atomic E-state index is -0.918. The van der Waals surface area contributed by atoms with Crippen LogP contribution < -0.4 is 9.80 Å². The number of fused-ring (bicyclic) bond motifs is 6. The van der Waals surface area contributed by atoms with Crippen molar-refractivity contribution in [3.8, 4) is 0 Å². The Morgan fingerprint density at radius 1 is 0.774 bits per heavy atom. The van der Waals surface area contributed by atoms with E-state index in [9.17, 15) is 4.79 Å². The van der Waals surface area contributed by atoms with Crippen molar-refractivity contribution in [3.05, 3.63) is 82.1 Å². The van der Waals surface area contributed by atoms with Crippen LogP contribution in [0.1, 0.15) is 27.0 Å². The molecule has 1 heterocycles. The van der Waals surface area contributed by atoms with Crippen molar-refractivity contribution in [2.45, 2.75) is 5.60 Å². The number of allylic oxidation sites excluding steroid dienone is 1. The summed E-state index contributed by atoms with van der Waals surface area (Å²) in [6.45, 7) is 0. The Hall–Kier alpha value is -3.47. The zero-order valence-corrected chi connectivity index (χ0v) is 18.9. The van der Waals surface area contributed by atoms with Gasteiger partial charge < -0.3 is 19.4 Å². The van der Waals surface area contributed by atoms with Crippen molar-refractivity contribution in [1.29, 1.82) is 0 Å². The van der Waals surface area contributed by atoms with E-state index in [1.54, 1.807) is 0 Å². The standard InChI is InChI=1S/C26H27N3O2/c1-27(2)17-8-7-16-11-24-21(20(16)12-17)14-19(29(5)6)15-26(24)23-10-9-18(28(3)4)13-22(23)25(30)31-26/h7-15H,1-6H3. The van der Waals surface area contributed by atoms with Crippen LogP contribution in [0.2, 0.25) is 0 Å². The summed E-state index contributed by atoms with van der Waals surface area (Å²) in [6, 6.07) is 12.5. The Balaban J connectivity index is 1.74. The van der Waals surface area contributed by atoms with Gasteiger partial charge in [-0.3, -0.25) is 0 Å². The SMILES string of the molecule is CN(C)C1=CC2(OC(=O)c3cc(N(C)C)ccc32)C2=Cc3ccc(N(C)C)cc3C2=C1. The highest BCUT2D eigenvalue weighted by molar-refractivity contribution is 6.04. The predicted molar refractivity (Wildman–Crippen MR) is 126 cm³/mol. The van der Waals surface area contributed by atoms with E-state index in [-0.39, 0.29) is 5.97 Å². The number of hydrogen-bond acceptors (Lipinski definition) is 5. The Morgan fingerprint density at radius 3 is 2.06 bits per heavy atom. The normalized spacial score (nSPS) is 20.3. The first kappa shape index (κ1) is 19.5. The van der Waals surface area contributed by atoms with Crippen molar-refractivity contribution < 1.29 is 9.53 Å². The number of anilines is 2. The number of rotatable bonds is 3. The third kappa shape index (κ3) is 2.73. The molecule has 0 N–H and O–H groups in total. The summed E-state index contributed by atoms with van der Waals surface area (Å²) >= 11 is 0. The van der Waals surface area contributed by atoms with Gasteiger partial charge in [0.1, 0.15) is 0 Å². The molecule has 0 amide bonds. The molecule has 0 saturated carbocycles. The van der Waals surface area contributed by atoms with Gasteiger partial charge >= 0.3 is 5.97 Å². The van der Waals surface area contributed by atoms with Gasteiger partial charge in [0, 0.05) is 70.5 Å². The molecule has 2 aromatic rings. The van der Waals surface area contributed by atoms with Gasteiger partial charge in [-0.15, -0.1) is 0 Å². The van der Waals surface area contributed by atoms with Crippen LogP contribution >= 0.6 is 0 Å². The average Bonchev–Trinajstić information content (AvgIpc) is 3.23. The van der Waals surface area contributed by atoms with E-state index in [2.05, 4.69) is 52.3 Å². The molecule has 5 heteroatoms. The minimum absolute atomic E-state index is 0.278. The van der Waals surface area contributed by atoms with Gasteiger partial charge in [-0.1, -0.05) is 12.1 Å². The molecule has 0 bridgehead atoms. The number of benzene rings is 2. The number of hydrogen-bond donors (Lipinski definition) is 0. The third-order valence-corrected chi connectivity index (χ3v) is 6.39. The fourth-order valence-corrected chi connectivity index (χ4v) is 4.62. The average molecular weight is 414 g/mol. The molecule has 0 fully saturated rings. The zero-order chi connectivity index (χ0) is 22.1. The molecule has 0 aromatic heterocycles. The quantitative estimate of drug-likeness (QED) is 0.708. The summed E-state index contributed by atoms with van der Waals surface area (Å²) in [5, 5.41) is 0. The second kappa shape index (κ2) is 6.51. The van der Waals surface area contributed by atoms with Gasteiger partial charge in [-0.2, -0.15) is 0 Å². The van der Waals surface area contributed by atoms with E-state index in [1.807, 2.05) is 59.3 Å². The lowest BCUT2D eigenvalue weighted by Gasteiger charge is -2.34. The molecule has 1 atom stereocenters. The molecule has 2 aliphatic carbocycles. The largest absolute Gasteiger partial charge is 0.441 e. The molecule has 3 aliphatic rings. The molecule has 5 nitrogen and oxygen atoms in total. The van der Waals surface area contributed by atoms with Crippen molar-refractivity contribution in [3.63, 3.8) is 0 Å². The van der Waals surface area contributed by atoms with E-state index in [0.717, 1.165) is 39.3 Å². The van der Waals surface area contributed by atoms with Crippen LogP contribution in [-0.4, -0.2) is 53.2 Å². The molecule has 2 aromatic carbocycles.